The molecule has 0 aliphatic carbocycles. The monoisotopic (exact) mass is 477 g/mol. The number of sulfone groups is 1. The molecule has 3 rings (SSSR count). The van der Waals surface area contributed by atoms with Gasteiger partial charge >= 0.3 is 6.18 Å². The molecule has 0 aliphatic rings. The number of halogens is 4. The maximum Gasteiger partial charge on any atom is 0.417 e. The molecule has 7 nitrogen and oxygen atoms in total. The summed E-state index contributed by atoms with van der Waals surface area (Å²) < 4.78 is 108. The maximum absolute atomic E-state index is 13.4. The van der Waals surface area contributed by atoms with Crippen molar-refractivity contribution in [2.45, 2.75) is 27.4 Å². The van der Waals surface area contributed by atoms with E-state index in [1.54, 1.807) is 0 Å². The Bertz CT molecular complexity index is 1270. The predicted octanol–water partition coefficient (Wildman–Crippen LogP) is 2.85. The van der Waals surface area contributed by atoms with E-state index in [0.29, 0.717) is 18.2 Å². The molecule has 0 bridgehead atoms. The number of nitrogens with zero attached hydrogens (tertiary/aromatic N) is 2. The van der Waals surface area contributed by atoms with Gasteiger partial charge in [-0.15, -0.1) is 0 Å². The third kappa shape index (κ3) is 5.11. The summed E-state index contributed by atoms with van der Waals surface area (Å²) in [5.41, 5.74) is -1.51. The fraction of sp³-hybridized carbons (Fsp3) is 0.167. The summed E-state index contributed by atoms with van der Waals surface area (Å²) in [7, 11) is -9.12. The number of aromatic nitrogens is 2. The van der Waals surface area contributed by atoms with Crippen LogP contribution in [0.3, 0.4) is 0 Å². The van der Waals surface area contributed by atoms with Crippen LogP contribution in [-0.2, 0) is 32.6 Å². The third-order valence-corrected chi connectivity index (χ3v) is 7.47. The van der Waals surface area contributed by atoms with Crippen LogP contribution in [0.2, 0.25) is 0 Å². The normalized spacial score (nSPS) is 12.8. The Morgan fingerprint density at radius 2 is 1.61 bits per heavy atom. The summed E-state index contributed by atoms with van der Waals surface area (Å²) in [4.78, 5) is 1.46. The average molecular weight is 477 g/mol. The Morgan fingerprint density at radius 3 is 2.19 bits per heavy atom. The number of hydrogen-bond acceptors (Lipinski definition) is 5. The van der Waals surface area contributed by atoms with Crippen molar-refractivity contribution in [1.82, 2.24) is 14.3 Å². The number of rotatable bonds is 7. The van der Waals surface area contributed by atoms with E-state index in [1.807, 2.05) is 4.72 Å². The van der Waals surface area contributed by atoms with E-state index >= 15 is 0 Å². The SMILES string of the molecule is O=S(=O)(NCCn1ccnc1)c1cc(S(=O)(=O)c2ccc(F)cc2)ccc1C(F)(F)F. The van der Waals surface area contributed by atoms with Crippen LogP contribution in [0.15, 0.2) is 75.9 Å². The number of imidazole rings is 1. The third-order valence-electron chi connectivity index (χ3n) is 4.20. The van der Waals surface area contributed by atoms with Crippen molar-refractivity contribution >= 4 is 19.9 Å². The first-order chi connectivity index (χ1) is 14.4. The molecule has 31 heavy (non-hydrogen) atoms. The fourth-order valence-corrected chi connectivity index (χ4v) is 5.31. The minimum atomic E-state index is -5.05. The first kappa shape index (κ1) is 22.9. The van der Waals surface area contributed by atoms with Crippen LogP contribution in [0.5, 0.6) is 0 Å². The van der Waals surface area contributed by atoms with Crippen LogP contribution in [0.25, 0.3) is 0 Å². The Hall–Kier alpha value is -2.77. The van der Waals surface area contributed by atoms with Gasteiger partial charge < -0.3 is 4.57 Å². The van der Waals surface area contributed by atoms with Gasteiger partial charge in [-0.2, -0.15) is 13.2 Å². The summed E-state index contributed by atoms with van der Waals surface area (Å²) in [6, 6.07) is 5.09. The van der Waals surface area contributed by atoms with E-state index in [2.05, 4.69) is 4.98 Å². The first-order valence-electron chi connectivity index (χ1n) is 8.58. The lowest BCUT2D eigenvalue weighted by atomic mass is 10.2. The standard InChI is InChI=1S/C18H15F4N3O4S2/c19-13-1-3-14(4-2-13)30(26,27)15-5-6-16(18(20,21)22)17(11-15)31(28,29)24-8-10-25-9-7-23-12-25/h1-7,9,11-12,24H,8,10H2. The number of sulfonamides is 1. The van der Waals surface area contributed by atoms with Crippen molar-refractivity contribution in [2.75, 3.05) is 6.54 Å². The molecule has 0 radical (unpaired) electrons. The molecule has 0 amide bonds. The van der Waals surface area contributed by atoms with Crippen molar-refractivity contribution in [2.24, 2.45) is 0 Å². The second-order valence-corrected chi connectivity index (χ2v) is 10.00. The highest BCUT2D eigenvalue weighted by Gasteiger charge is 2.38. The molecule has 0 atom stereocenters. The number of nitrogens with one attached hydrogen (secondary N) is 1. The Labute approximate surface area is 175 Å². The van der Waals surface area contributed by atoms with Gasteiger partial charge in [-0.1, -0.05) is 0 Å². The van der Waals surface area contributed by atoms with E-state index in [1.165, 1.54) is 23.3 Å². The van der Waals surface area contributed by atoms with Gasteiger partial charge in [0.05, 0.1) is 26.6 Å². The van der Waals surface area contributed by atoms with Gasteiger partial charge in [0, 0.05) is 25.5 Å². The summed E-state index contributed by atoms with van der Waals surface area (Å²) >= 11 is 0. The minimum Gasteiger partial charge on any atom is -0.336 e. The molecule has 166 valence electrons. The first-order valence-corrected chi connectivity index (χ1v) is 11.6. The quantitative estimate of drug-likeness (QED) is 0.417. The molecular formula is C18H15F4N3O4S2. The average Bonchev–Trinajstić information content (AvgIpc) is 3.20. The summed E-state index contributed by atoms with van der Waals surface area (Å²) in [6.45, 7) is -0.168. The molecule has 0 spiro atoms. The molecule has 0 unspecified atom stereocenters. The van der Waals surface area contributed by atoms with E-state index in [9.17, 15) is 34.4 Å². The van der Waals surface area contributed by atoms with Gasteiger partial charge in [-0.05, 0) is 42.5 Å². The Balaban J connectivity index is 2.01. The van der Waals surface area contributed by atoms with Gasteiger partial charge in [-0.3, -0.25) is 0 Å². The fourth-order valence-electron chi connectivity index (χ4n) is 2.68. The second kappa shape index (κ2) is 8.40. The molecule has 13 heteroatoms. The summed E-state index contributed by atoms with van der Waals surface area (Å²) in [5, 5.41) is 0. The molecule has 1 heterocycles. The van der Waals surface area contributed by atoms with Crippen LogP contribution in [0.4, 0.5) is 17.6 Å². The van der Waals surface area contributed by atoms with Gasteiger partial charge in [-0.25, -0.2) is 30.9 Å². The van der Waals surface area contributed by atoms with E-state index < -0.39 is 52.1 Å². The number of alkyl halides is 3. The second-order valence-electron chi connectivity index (χ2n) is 6.31. The van der Waals surface area contributed by atoms with Crippen LogP contribution < -0.4 is 4.72 Å². The predicted molar refractivity (Wildman–Crippen MR) is 101 cm³/mol. The molecule has 0 aliphatic heterocycles. The van der Waals surface area contributed by atoms with Crippen molar-refractivity contribution in [1.29, 1.82) is 0 Å². The number of hydrogen-bond donors (Lipinski definition) is 1. The largest absolute Gasteiger partial charge is 0.417 e. The highest BCUT2D eigenvalue weighted by molar-refractivity contribution is 7.91. The molecular weight excluding hydrogens is 462 g/mol. The maximum atomic E-state index is 13.4. The molecule has 0 fully saturated rings. The van der Waals surface area contributed by atoms with Crippen molar-refractivity contribution in [3.63, 3.8) is 0 Å². The molecule has 1 N–H and O–H groups in total. The zero-order valence-electron chi connectivity index (χ0n) is 15.5. The van der Waals surface area contributed by atoms with E-state index in [4.69, 9.17) is 0 Å². The van der Waals surface area contributed by atoms with Crippen molar-refractivity contribution < 1.29 is 34.4 Å². The molecule has 0 saturated carbocycles. The highest BCUT2D eigenvalue weighted by atomic mass is 32.2. The van der Waals surface area contributed by atoms with Crippen molar-refractivity contribution in [3.05, 3.63) is 72.6 Å². The van der Waals surface area contributed by atoms with Gasteiger partial charge in [0.2, 0.25) is 19.9 Å². The van der Waals surface area contributed by atoms with Gasteiger partial charge in [0.15, 0.2) is 0 Å². The van der Waals surface area contributed by atoms with E-state index in [0.717, 1.165) is 24.3 Å². The lowest BCUT2D eigenvalue weighted by Gasteiger charge is -2.16. The van der Waals surface area contributed by atoms with Crippen molar-refractivity contribution in [3.8, 4) is 0 Å². The molecule has 3 aromatic rings. The topological polar surface area (TPSA) is 98.1 Å². The van der Waals surface area contributed by atoms with Gasteiger partial charge in [0.1, 0.15) is 5.82 Å². The zero-order valence-corrected chi connectivity index (χ0v) is 17.2. The van der Waals surface area contributed by atoms with Gasteiger partial charge in [0.25, 0.3) is 0 Å². The van der Waals surface area contributed by atoms with Crippen LogP contribution in [0.1, 0.15) is 5.56 Å². The molecule has 1 aromatic heterocycles. The minimum absolute atomic E-state index is 0.0914. The van der Waals surface area contributed by atoms with Crippen LogP contribution in [0, 0.1) is 5.82 Å². The summed E-state index contributed by atoms with van der Waals surface area (Å²) in [5.74, 6) is -0.711. The molecule has 2 aromatic carbocycles. The zero-order chi connectivity index (χ0) is 22.9. The van der Waals surface area contributed by atoms with Crippen LogP contribution >= 0.6 is 0 Å². The lowest BCUT2D eigenvalue weighted by molar-refractivity contribution is -0.139. The van der Waals surface area contributed by atoms with Crippen LogP contribution in [-0.4, -0.2) is 32.9 Å². The molecule has 0 saturated heterocycles. The lowest BCUT2D eigenvalue weighted by Crippen LogP contribution is -2.29. The Morgan fingerprint density at radius 1 is 0.968 bits per heavy atom. The Kier molecular flexibility index (Phi) is 6.21. The number of benzene rings is 2. The smallest absolute Gasteiger partial charge is 0.336 e. The highest BCUT2D eigenvalue weighted by Crippen LogP contribution is 2.36. The van der Waals surface area contributed by atoms with E-state index in [-0.39, 0.29) is 13.1 Å². The summed E-state index contributed by atoms with van der Waals surface area (Å²) in [6.07, 6.45) is -0.677.